The van der Waals surface area contributed by atoms with Gasteiger partial charge in [-0.25, -0.2) is 4.79 Å². The summed E-state index contributed by atoms with van der Waals surface area (Å²) in [7, 11) is -0.599. The van der Waals surface area contributed by atoms with Crippen LogP contribution in [0.4, 0.5) is 10.5 Å². The smallest absolute Gasteiger partial charge is 0.465 e. The first-order valence-electron chi connectivity index (χ1n) is 8.36. The number of amides is 1. The highest BCUT2D eigenvalue weighted by Crippen LogP contribution is 2.37. The highest BCUT2D eigenvalue weighted by molar-refractivity contribution is 6.64. The molecule has 2 fully saturated rings. The lowest BCUT2D eigenvalue weighted by Gasteiger charge is -2.32. The highest BCUT2D eigenvalue weighted by Gasteiger charge is 2.52. The summed E-state index contributed by atoms with van der Waals surface area (Å²) in [5.41, 5.74) is 1.22. The van der Waals surface area contributed by atoms with Crippen LogP contribution in [0.1, 0.15) is 46.1 Å². The lowest BCUT2D eigenvalue weighted by atomic mass is 9.77. The van der Waals surface area contributed by atoms with Gasteiger partial charge in [0.25, 0.3) is 0 Å². The van der Waals surface area contributed by atoms with E-state index in [2.05, 4.69) is 11.4 Å². The molecule has 5 nitrogen and oxygen atoms in total. The van der Waals surface area contributed by atoms with Gasteiger partial charge in [0, 0.05) is 11.2 Å². The van der Waals surface area contributed by atoms with Crippen LogP contribution in [0.3, 0.4) is 0 Å². The molecule has 2 N–H and O–H groups in total. The van der Waals surface area contributed by atoms with Gasteiger partial charge in [0.2, 0.25) is 0 Å². The molecule has 0 aromatic heterocycles. The third-order valence-corrected chi connectivity index (χ3v) is 5.01. The third kappa shape index (κ3) is 3.49. The predicted molar refractivity (Wildman–Crippen MR) is 95.6 cm³/mol. The molecule has 1 heterocycles. The van der Waals surface area contributed by atoms with Crippen LogP contribution in [-0.4, -0.2) is 29.5 Å². The maximum Gasteiger partial charge on any atom is 0.496 e. The Bertz CT molecular complexity index is 664. The highest BCUT2D eigenvalue weighted by atomic mass is 16.7. The Balaban J connectivity index is 1.90. The van der Waals surface area contributed by atoms with E-state index < -0.39 is 24.4 Å². The van der Waals surface area contributed by atoms with Gasteiger partial charge in [-0.15, -0.1) is 0 Å². The predicted octanol–water partition coefficient (Wildman–Crippen LogP) is 3.50. The second-order valence-corrected chi connectivity index (χ2v) is 7.56. The first-order valence-corrected chi connectivity index (χ1v) is 8.36. The maximum atomic E-state index is 11.2. The number of rotatable bonds is 4. The second-order valence-electron chi connectivity index (χ2n) is 7.56. The van der Waals surface area contributed by atoms with Crippen LogP contribution in [0.15, 0.2) is 24.3 Å². The molecule has 128 valence electrons. The topological polar surface area (TPSA) is 67.8 Å². The molecule has 0 atom stereocenters. The summed E-state index contributed by atoms with van der Waals surface area (Å²) in [6.07, 6.45) is 5.59. The number of hydrogen-bond donors (Lipinski definition) is 2. The van der Waals surface area contributed by atoms with Crippen LogP contribution in [0.25, 0.3) is 6.08 Å². The van der Waals surface area contributed by atoms with Gasteiger partial charge in [-0.05, 0) is 58.1 Å². The molecule has 0 spiro atoms. The van der Waals surface area contributed by atoms with Crippen LogP contribution in [0.5, 0.6) is 0 Å². The van der Waals surface area contributed by atoms with Gasteiger partial charge in [-0.3, -0.25) is 5.32 Å². The standard InChI is InChI=1S/C18H24BNO4/c1-17(2)18(3,4)24-19(23-17)14-10-9-13(8-7-12-5-6-12)11-15(14)20-16(21)22/h7-12,20H,5-6H2,1-4H3,(H,21,22)/b8-7+. The van der Waals surface area contributed by atoms with Crippen molar-refractivity contribution in [3.8, 4) is 0 Å². The molecule has 2 aliphatic rings. The SMILES string of the molecule is CC1(C)OB(c2ccc(/C=C/C3CC3)cc2NC(=O)O)OC1(C)C. The van der Waals surface area contributed by atoms with E-state index in [4.69, 9.17) is 14.4 Å². The zero-order chi connectivity index (χ0) is 17.5. The molecule has 1 saturated carbocycles. The molecular formula is C18H24BNO4. The lowest BCUT2D eigenvalue weighted by Crippen LogP contribution is -2.41. The zero-order valence-corrected chi connectivity index (χ0v) is 14.6. The van der Waals surface area contributed by atoms with Crippen molar-refractivity contribution >= 4 is 30.4 Å². The molecule has 0 bridgehead atoms. The van der Waals surface area contributed by atoms with Crippen molar-refractivity contribution in [2.75, 3.05) is 5.32 Å². The van der Waals surface area contributed by atoms with Crippen molar-refractivity contribution in [3.63, 3.8) is 0 Å². The van der Waals surface area contributed by atoms with Crippen molar-refractivity contribution in [2.45, 2.75) is 51.7 Å². The van der Waals surface area contributed by atoms with E-state index in [1.165, 1.54) is 12.8 Å². The van der Waals surface area contributed by atoms with E-state index in [0.29, 0.717) is 17.1 Å². The fraction of sp³-hybridized carbons (Fsp3) is 0.500. The van der Waals surface area contributed by atoms with Gasteiger partial charge in [-0.2, -0.15) is 0 Å². The minimum Gasteiger partial charge on any atom is -0.465 e. The van der Waals surface area contributed by atoms with Crippen molar-refractivity contribution in [2.24, 2.45) is 5.92 Å². The van der Waals surface area contributed by atoms with E-state index in [1.54, 1.807) is 0 Å². The van der Waals surface area contributed by atoms with Gasteiger partial charge >= 0.3 is 13.2 Å². The lowest BCUT2D eigenvalue weighted by molar-refractivity contribution is 0.00578. The summed E-state index contributed by atoms with van der Waals surface area (Å²) < 4.78 is 12.1. The Morgan fingerprint density at radius 3 is 2.42 bits per heavy atom. The molecule has 24 heavy (non-hydrogen) atoms. The van der Waals surface area contributed by atoms with Crippen LogP contribution in [0, 0.1) is 5.92 Å². The van der Waals surface area contributed by atoms with E-state index in [9.17, 15) is 4.79 Å². The van der Waals surface area contributed by atoms with Crippen molar-refractivity contribution < 1.29 is 19.2 Å². The summed E-state index contributed by atoms with van der Waals surface area (Å²) >= 11 is 0. The summed E-state index contributed by atoms with van der Waals surface area (Å²) in [4.78, 5) is 11.2. The van der Waals surface area contributed by atoms with Crippen LogP contribution in [0.2, 0.25) is 0 Å². The number of nitrogens with one attached hydrogen (secondary N) is 1. The first kappa shape index (κ1) is 17.1. The molecule has 0 unspecified atom stereocenters. The average molecular weight is 329 g/mol. The molecule has 1 aromatic rings. The summed E-state index contributed by atoms with van der Waals surface area (Å²) in [6.45, 7) is 7.90. The molecule has 1 aromatic carbocycles. The van der Waals surface area contributed by atoms with Crippen molar-refractivity contribution in [3.05, 3.63) is 29.8 Å². The Morgan fingerprint density at radius 1 is 1.25 bits per heavy atom. The number of carbonyl (C=O) groups is 1. The first-order chi connectivity index (χ1) is 11.2. The second kappa shape index (κ2) is 5.94. The largest absolute Gasteiger partial charge is 0.496 e. The molecule has 0 radical (unpaired) electrons. The van der Waals surface area contributed by atoms with Crippen LogP contribution >= 0.6 is 0 Å². The van der Waals surface area contributed by atoms with Gasteiger partial charge in [0.1, 0.15) is 0 Å². The van der Waals surface area contributed by atoms with E-state index in [-0.39, 0.29) is 0 Å². The normalized spacial score (nSPS) is 22.1. The molecule has 6 heteroatoms. The molecular weight excluding hydrogens is 305 g/mol. The molecule has 1 amide bonds. The quantitative estimate of drug-likeness (QED) is 0.830. The number of carboxylic acid groups (broad SMARTS) is 1. The van der Waals surface area contributed by atoms with Gasteiger partial charge in [0.05, 0.1) is 11.2 Å². The van der Waals surface area contributed by atoms with E-state index >= 15 is 0 Å². The Hall–Kier alpha value is -1.79. The number of allylic oxidation sites excluding steroid dienone is 1. The summed E-state index contributed by atoms with van der Waals surface area (Å²) in [5.74, 6) is 0.670. The van der Waals surface area contributed by atoms with Gasteiger partial charge in [0.15, 0.2) is 0 Å². The van der Waals surface area contributed by atoms with Crippen LogP contribution < -0.4 is 10.8 Å². The number of hydrogen-bond acceptors (Lipinski definition) is 3. The zero-order valence-electron chi connectivity index (χ0n) is 14.6. The minimum atomic E-state index is -1.10. The maximum absolute atomic E-state index is 11.2. The number of anilines is 1. The third-order valence-electron chi connectivity index (χ3n) is 5.01. The fourth-order valence-electron chi connectivity index (χ4n) is 2.61. The van der Waals surface area contributed by atoms with Gasteiger partial charge < -0.3 is 14.4 Å². The summed E-state index contributed by atoms with van der Waals surface area (Å²) in [5, 5.41) is 11.6. The molecule has 1 saturated heterocycles. The Kier molecular flexibility index (Phi) is 4.22. The Morgan fingerprint density at radius 2 is 1.88 bits per heavy atom. The number of benzene rings is 1. The molecule has 1 aliphatic carbocycles. The summed E-state index contributed by atoms with van der Waals surface area (Å²) in [6, 6.07) is 5.67. The fourth-order valence-corrected chi connectivity index (χ4v) is 2.61. The average Bonchev–Trinajstić information content (AvgIpc) is 3.24. The van der Waals surface area contributed by atoms with Crippen LogP contribution in [-0.2, 0) is 9.31 Å². The van der Waals surface area contributed by atoms with E-state index in [1.807, 2.05) is 52.0 Å². The minimum absolute atomic E-state index is 0.470. The Labute approximate surface area is 143 Å². The molecule has 3 rings (SSSR count). The van der Waals surface area contributed by atoms with Gasteiger partial charge in [-0.1, -0.05) is 24.3 Å². The monoisotopic (exact) mass is 329 g/mol. The van der Waals surface area contributed by atoms with Crippen molar-refractivity contribution in [1.82, 2.24) is 0 Å². The van der Waals surface area contributed by atoms with Crippen molar-refractivity contribution in [1.29, 1.82) is 0 Å². The molecule has 1 aliphatic heterocycles. The van der Waals surface area contributed by atoms with E-state index in [0.717, 1.165) is 5.56 Å².